The summed E-state index contributed by atoms with van der Waals surface area (Å²) in [5, 5.41) is 11.8. The largest absolute Gasteiger partial charge is 0.496 e. The van der Waals surface area contributed by atoms with Gasteiger partial charge in [-0.25, -0.2) is 4.99 Å². The van der Waals surface area contributed by atoms with Gasteiger partial charge in [0.15, 0.2) is 5.17 Å². The van der Waals surface area contributed by atoms with Crippen LogP contribution in [0.2, 0.25) is 0 Å². The van der Waals surface area contributed by atoms with Gasteiger partial charge in [-0.05, 0) is 54.2 Å². The molecule has 8 nitrogen and oxygen atoms in total. The van der Waals surface area contributed by atoms with Crippen molar-refractivity contribution in [2.75, 3.05) is 12.0 Å². The summed E-state index contributed by atoms with van der Waals surface area (Å²) in [7, 11) is 1.48. The van der Waals surface area contributed by atoms with Gasteiger partial charge in [0.25, 0.3) is 11.6 Å². The van der Waals surface area contributed by atoms with Crippen LogP contribution in [0.25, 0.3) is 17.4 Å². The molecule has 1 aromatic heterocycles. The van der Waals surface area contributed by atoms with Crippen LogP contribution in [0.5, 0.6) is 5.75 Å². The molecular weight excluding hydrogens is 478 g/mol. The average Bonchev–Trinajstić information content (AvgIpc) is 3.49. The molecule has 178 valence electrons. The predicted octanol–water partition coefficient (Wildman–Crippen LogP) is 6.67. The number of thioether (sulfide) groups is 1. The van der Waals surface area contributed by atoms with Crippen LogP contribution in [-0.4, -0.2) is 23.1 Å². The molecule has 1 fully saturated rings. The van der Waals surface area contributed by atoms with E-state index in [4.69, 9.17) is 14.1 Å². The van der Waals surface area contributed by atoms with Gasteiger partial charge < -0.3 is 9.15 Å². The maximum Gasteiger partial charge on any atom is 0.271 e. The zero-order valence-electron chi connectivity index (χ0n) is 19.0. The van der Waals surface area contributed by atoms with E-state index < -0.39 is 4.92 Å². The van der Waals surface area contributed by atoms with Crippen LogP contribution in [0.15, 0.2) is 105 Å². The molecule has 0 aliphatic carbocycles. The van der Waals surface area contributed by atoms with E-state index in [9.17, 15) is 14.9 Å². The van der Waals surface area contributed by atoms with Gasteiger partial charge in [-0.2, -0.15) is 0 Å². The summed E-state index contributed by atoms with van der Waals surface area (Å²) < 4.78 is 11.3. The summed E-state index contributed by atoms with van der Waals surface area (Å²) in [6.07, 6.45) is 1.64. The number of carbonyl (C=O) groups excluding carboxylic acids is 1. The zero-order valence-corrected chi connectivity index (χ0v) is 19.8. The third kappa shape index (κ3) is 4.64. The number of carbonyl (C=O) groups is 1. The van der Waals surface area contributed by atoms with Gasteiger partial charge >= 0.3 is 0 Å². The first-order chi connectivity index (χ1) is 17.5. The maximum absolute atomic E-state index is 13.4. The lowest BCUT2D eigenvalue weighted by Gasteiger charge is -2.15. The molecule has 36 heavy (non-hydrogen) atoms. The summed E-state index contributed by atoms with van der Waals surface area (Å²) >= 11 is 1.24. The highest BCUT2D eigenvalue weighted by atomic mass is 32.2. The Bertz CT molecular complexity index is 1500. The first kappa shape index (κ1) is 23.1. The number of benzene rings is 3. The standard InChI is InChI=1S/C27H19N3O5S/c1-34-23-14-12-20(30(32)33)16-22(23)24-15-13-21(35-24)17-25-26(31)29(19-10-6-3-7-11-19)27(36-25)28-18-8-4-2-5-9-18/h2-17H,1H3/b25-17-,28-27?. The lowest BCUT2D eigenvalue weighted by atomic mass is 10.1. The van der Waals surface area contributed by atoms with Crippen LogP contribution < -0.4 is 9.64 Å². The number of anilines is 1. The average molecular weight is 498 g/mol. The fraction of sp³-hybridized carbons (Fsp3) is 0.0370. The molecule has 0 atom stereocenters. The Balaban J connectivity index is 1.51. The van der Waals surface area contributed by atoms with Crippen LogP contribution in [-0.2, 0) is 4.79 Å². The summed E-state index contributed by atoms with van der Waals surface area (Å²) in [6, 6.07) is 26.4. The lowest BCUT2D eigenvalue weighted by molar-refractivity contribution is -0.384. The molecule has 0 radical (unpaired) electrons. The van der Waals surface area contributed by atoms with Gasteiger partial charge in [-0.15, -0.1) is 0 Å². The quantitative estimate of drug-likeness (QED) is 0.168. The predicted molar refractivity (Wildman–Crippen MR) is 140 cm³/mol. The van der Waals surface area contributed by atoms with Crippen LogP contribution in [0.4, 0.5) is 17.1 Å². The lowest BCUT2D eigenvalue weighted by Crippen LogP contribution is -2.28. The number of rotatable bonds is 6. The van der Waals surface area contributed by atoms with Crippen molar-refractivity contribution in [3.8, 4) is 17.1 Å². The van der Waals surface area contributed by atoms with Crippen molar-refractivity contribution < 1.29 is 18.9 Å². The minimum Gasteiger partial charge on any atom is -0.496 e. The highest BCUT2D eigenvalue weighted by Crippen LogP contribution is 2.39. The number of hydrogen-bond acceptors (Lipinski definition) is 7. The van der Waals surface area contributed by atoms with Gasteiger partial charge in [0.1, 0.15) is 17.3 Å². The molecule has 0 N–H and O–H groups in total. The smallest absolute Gasteiger partial charge is 0.271 e. The van der Waals surface area contributed by atoms with Crippen molar-refractivity contribution in [1.82, 2.24) is 0 Å². The number of nitro groups is 1. The van der Waals surface area contributed by atoms with Gasteiger partial charge in [0.2, 0.25) is 0 Å². The fourth-order valence-corrected chi connectivity index (χ4v) is 4.65. The minimum atomic E-state index is -0.478. The van der Waals surface area contributed by atoms with Crippen molar-refractivity contribution in [2.45, 2.75) is 0 Å². The number of nitrogens with zero attached hydrogens (tertiary/aromatic N) is 3. The van der Waals surface area contributed by atoms with E-state index in [-0.39, 0.29) is 11.6 Å². The van der Waals surface area contributed by atoms with Gasteiger partial charge in [0, 0.05) is 18.2 Å². The number of hydrogen-bond donors (Lipinski definition) is 0. The molecule has 4 aromatic rings. The highest BCUT2D eigenvalue weighted by Gasteiger charge is 2.35. The van der Waals surface area contributed by atoms with E-state index in [2.05, 4.69) is 0 Å². The van der Waals surface area contributed by atoms with E-state index in [1.165, 1.54) is 37.1 Å². The molecule has 1 amide bonds. The summed E-state index contributed by atoms with van der Waals surface area (Å²) in [5.74, 6) is 1.01. The monoisotopic (exact) mass is 497 g/mol. The van der Waals surface area contributed by atoms with E-state index >= 15 is 0 Å². The van der Waals surface area contributed by atoms with Gasteiger partial charge in [0.05, 0.1) is 33.9 Å². The normalized spacial score (nSPS) is 15.6. The summed E-state index contributed by atoms with van der Waals surface area (Å²) in [6.45, 7) is 0. The number of non-ortho nitro benzene ring substituents is 1. The molecule has 3 aromatic carbocycles. The van der Waals surface area contributed by atoms with Crippen LogP contribution in [0.1, 0.15) is 5.76 Å². The molecule has 0 spiro atoms. The number of methoxy groups -OCH3 is 1. The molecule has 0 unspecified atom stereocenters. The molecule has 1 saturated heterocycles. The van der Waals surface area contributed by atoms with Crippen molar-refractivity contribution in [2.24, 2.45) is 4.99 Å². The SMILES string of the molecule is COc1ccc([N+](=O)[O-])cc1-c1ccc(/C=C2\SC(=Nc3ccccc3)N(c3ccccc3)C2=O)o1. The Morgan fingerprint density at radius 2 is 1.72 bits per heavy atom. The molecule has 9 heteroatoms. The van der Waals surface area contributed by atoms with Crippen LogP contribution in [0.3, 0.4) is 0 Å². The molecule has 5 rings (SSSR count). The number of amidine groups is 1. The highest BCUT2D eigenvalue weighted by molar-refractivity contribution is 8.19. The number of para-hydroxylation sites is 2. The first-order valence-corrected chi connectivity index (χ1v) is 11.7. The second kappa shape index (κ2) is 9.93. The third-order valence-electron chi connectivity index (χ3n) is 5.36. The minimum absolute atomic E-state index is 0.0797. The molecular formula is C27H19N3O5S. The van der Waals surface area contributed by atoms with Crippen LogP contribution >= 0.6 is 11.8 Å². The number of ether oxygens (including phenoxy) is 1. The molecule has 1 aliphatic heterocycles. The van der Waals surface area contributed by atoms with Gasteiger partial charge in [-0.1, -0.05) is 36.4 Å². The third-order valence-corrected chi connectivity index (χ3v) is 6.33. The van der Waals surface area contributed by atoms with Crippen molar-refractivity contribution in [3.05, 3.63) is 112 Å². The summed E-state index contributed by atoms with van der Waals surface area (Å²) in [5.41, 5.74) is 1.80. The second-order valence-electron chi connectivity index (χ2n) is 7.66. The molecule has 0 saturated carbocycles. The Kier molecular flexibility index (Phi) is 6.38. The Morgan fingerprint density at radius 1 is 1.00 bits per heavy atom. The molecule has 2 heterocycles. The van der Waals surface area contributed by atoms with E-state index in [1.807, 2.05) is 60.7 Å². The Labute approximate surface area is 210 Å². The van der Waals surface area contributed by atoms with Gasteiger partial charge in [-0.3, -0.25) is 19.8 Å². The van der Waals surface area contributed by atoms with Crippen molar-refractivity contribution >= 4 is 46.0 Å². The zero-order chi connectivity index (χ0) is 25.1. The van der Waals surface area contributed by atoms with Crippen LogP contribution in [0, 0.1) is 10.1 Å². The molecule has 0 bridgehead atoms. The summed E-state index contributed by atoms with van der Waals surface area (Å²) in [4.78, 5) is 30.9. The maximum atomic E-state index is 13.4. The Hall–Kier alpha value is -4.63. The molecule has 1 aliphatic rings. The number of aliphatic imine (C=N–C) groups is 1. The fourth-order valence-electron chi connectivity index (χ4n) is 3.67. The second-order valence-corrected chi connectivity index (χ2v) is 8.67. The first-order valence-electron chi connectivity index (χ1n) is 10.9. The van der Waals surface area contributed by atoms with Crippen molar-refractivity contribution in [3.63, 3.8) is 0 Å². The number of nitro benzene ring substituents is 1. The number of furan rings is 1. The topological polar surface area (TPSA) is 98.2 Å². The Morgan fingerprint density at radius 3 is 2.42 bits per heavy atom. The van der Waals surface area contributed by atoms with Crippen molar-refractivity contribution in [1.29, 1.82) is 0 Å². The number of amides is 1. The van der Waals surface area contributed by atoms with E-state index in [1.54, 1.807) is 23.1 Å². The van der Waals surface area contributed by atoms with E-state index in [0.29, 0.717) is 38.6 Å². The van der Waals surface area contributed by atoms with E-state index in [0.717, 1.165) is 5.69 Å².